The highest BCUT2D eigenvalue weighted by Gasteiger charge is 1.94. The van der Waals surface area contributed by atoms with Crippen molar-refractivity contribution in [3.05, 3.63) is 17.9 Å². The van der Waals surface area contributed by atoms with E-state index in [4.69, 9.17) is 0 Å². The average molecular weight is 80.1 g/mol. The first-order valence-electron chi connectivity index (χ1n) is 2.30. The van der Waals surface area contributed by atoms with Gasteiger partial charge in [0.05, 0.1) is 0 Å². The molecule has 0 aromatic heterocycles. The van der Waals surface area contributed by atoms with Crippen LogP contribution in [0.4, 0.5) is 0 Å². The molecule has 0 amide bonds. The van der Waals surface area contributed by atoms with E-state index in [0.29, 0.717) is 0 Å². The maximum absolute atomic E-state index is 3.02. The van der Waals surface area contributed by atoms with Crippen LogP contribution >= 0.6 is 0 Å². The molecule has 0 aliphatic heterocycles. The van der Waals surface area contributed by atoms with Gasteiger partial charge >= 0.3 is 0 Å². The molecule has 32 valence electrons. The molecule has 0 aromatic carbocycles. The molecular weight excluding hydrogens is 72.1 g/mol. The normalized spacial score (nSPS) is 29.2. The molecule has 0 bridgehead atoms. The van der Waals surface area contributed by atoms with Gasteiger partial charge in [-0.15, -0.1) is 5.73 Å². The van der Waals surface area contributed by atoms with Crippen molar-refractivity contribution in [2.24, 2.45) is 5.92 Å². The molecule has 0 nitrogen and oxygen atoms in total. The van der Waals surface area contributed by atoms with Crippen LogP contribution in [0.25, 0.3) is 0 Å². The maximum atomic E-state index is 3.02. The number of hydrogen-bond acceptors (Lipinski definition) is 0. The van der Waals surface area contributed by atoms with E-state index < -0.39 is 0 Å². The van der Waals surface area contributed by atoms with Crippen molar-refractivity contribution in [2.45, 2.75) is 13.3 Å². The largest absolute Gasteiger partial charge is 0.129 e. The van der Waals surface area contributed by atoms with Crippen molar-refractivity contribution in [1.29, 1.82) is 0 Å². The van der Waals surface area contributed by atoms with Gasteiger partial charge in [-0.05, 0) is 24.5 Å². The van der Waals surface area contributed by atoms with Crippen LogP contribution in [0.15, 0.2) is 17.9 Å². The van der Waals surface area contributed by atoms with E-state index in [1.807, 2.05) is 0 Å². The Morgan fingerprint density at radius 2 is 2.67 bits per heavy atom. The summed E-state index contributed by atoms with van der Waals surface area (Å²) in [5, 5.41) is 0. The minimum atomic E-state index is 0.755. The van der Waals surface area contributed by atoms with Crippen molar-refractivity contribution in [3.63, 3.8) is 0 Å². The summed E-state index contributed by atoms with van der Waals surface area (Å²) >= 11 is 0. The molecule has 0 spiro atoms. The first-order chi connectivity index (χ1) is 2.89. The molecule has 0 unspecified atom stereocenters. The van der Waals surface area contributed by atoms with Gasteiger partial charge in [-0.2, -0.15) is 0 Å². The molecule has 1 aliphatic carbocycles. The zero-order chi connectivity index (χ0) is 4.41. The molecule has 0 saturated heterocycles. The molecule has 1 rings (SSSR count). The summed E-state index contributed by atoms with van der Waals surface area (Å²) in [5.74, 6) is 0.755. The van der Waals surface area contributed by atoms with Crippen molar-refractivity contribution >= 4 is 0 Å². The summed E-state index contributed by atoms with van der Waals surface area (Å²) in [6.07, 6.45) is 5.37. The van der Waals surface area contributed by atoms with Gasteiger partial charge in [0.2, 0.25) is 0 Å². The Labute approximate surface area is 38.2 Å². The van der Waals surface area contributed by atoms with Gasteiger partial charge in [0.15, 0.2) is 0 Å². The first-order valence-corrected chi connectivity index (χ1v) is 2.30. The highest BCUT2D eigenvalue weighted by atomic mass is 14.0. The van der Waals surface area contributed by atoms with E-state index in [2.05, 4.69) is 24.8 Å². The van der Waals surface area contributed by atoms with Crippen LogP contribution in [-0.2, 0) is 0 Å². The number of hydrogen-bond donors (Lipinski definition) is 0. The second-order valence-electron chi connectivity index (χ2n) is 1.75. The molecule has 0 fully saturated rings. The summed E-state index contributed by atoms with van der Waals surface area (Å²) in [6.45, 7) is 2.19. The fourth-order valence-electron chi connectivity index (χ4n) is 0.554. The smallest absolute Gasteiger partial charge is 0.0145 e. The Balaban J connectivity index is 2.55. The Hall–Kier alpha value is -0.480. The van der Waals surface area contributed by atoms with Gasteiger partial charge in [0.25, 0.3) is 0 Å². The topological polar surface area (TPSA) is 0 Å². The number of allylic oxidation sites excluding steroid dienone is 1. The minimum Gasteiger partial charge on any atom is -0.129 e. The summed E-state index contributed by atoms with van der Waals surface area (Å²) in [5.41, 5.74) is 3.02. The van der Waals surface area contributed by atoms with Crippen LogP contribution in [0.5, 0.6) is 0 Å². The summed E-state index contributed by atoms with van der Waals surface area (Å²) < 4.78 is 0. The first kappa shape index (κ1) is 3.70. The Bertz CT molecular complexity index is 94.6. The van der Waals surface area contributed by atoms with E-state index in [9.17, 15) is 0 Å². The summed E-state index contributed by atoms with van der Waals surface area (Å²) in [7, 11) is 0. The molecule has 6 heavy (non-hydrogen) atoms. The van der Waals surface area contributed by atoms with E-state index in [-0.39, 0.29) is 0 Å². The highest BCUT2D eigenvalue weighted by molar-refractivity contribution is 4.98. The third-order valence-electron chi connectivity index (χ3n) is 0.988. The van der Waals surface area contributed by atoms with Crippen LogP contribution in [0, 0.1) is 5.92 Å². The van der Waals surface area contributed by atoms with Crippen LogP contribution < -0.4 is 0 Å². The Kier molecular flexibility index (Phi) is 0.813. The summed E-state index contributed by atoms with van der Waals surface area (Å²) in [6, 6.07) is 0. The van der Waals surface area contributed by atoms with E-state index in [0.717, 1.165) is 5.92 Å². The molecule has 0 N–H and O–H groups in total. The lowest BCUT2D eigenvalue weighted by atomic mass is 10.2. The molecule has 0 saturated carbocycles. The van der Waals surface area contributed by atoms with E-state index in [1.165, 1.54) is 6.42 Å². The van der Waals surface area contributed by atoms with Gasteiger partial charge in [0, 0.05) is 0 Å². The minimum absolute atomic E-state index is 0.755. The molecule has 0 radical (unpaired) electrons. The molecule has 0 aromatic rings. The molecule has 1 aliphatic rings. The van der Waals surface area contributed by atoms with Crippen molar-refractivity contribution in [3.8, 4) is 0 Å². The van der Waals surface area contributed by atoms with E-state index in [1.54, 1.807) is 0 Å². The van der Waals surface area contributed by atoms with Gasteiger partial charge < -0.3 is 0 Å². The second-order valence-corrected chi connectivity index (χ2v) is 1.75. The zero-order valence-electron chi connectivity index (χ0n) is 3.94. The zero-order valence-corrected chi connectivity index (χ0v) is 3.94. The second kappa shape index (κ2) is 1.32. The molecule has 1 atom stereocenters. The van der Waals surface area contributed by atoms with Crippen LogP contribution in [0.3, 0.4) is 0 Å². The van der Waals surface area contributed by atoms with Gasteiger partial charge in [-0.1, -0.05) is 6.92 Å². The van der Waals surface area contributed by atoms with Gasteiger partial charge in [-0.25, -0.2) is 0 Å². The third-order valence-corrected chi connectivity index (χ3v) is 0.988. The summed E-state index contributed by atoms with van der Waals surface area (Å²) in [4.78, 5) is 0. The highest BCUT2D eigenvalue weighted by Crippen LogP contribution is 2.07. The third kappa shape index (κ3) is 0.526. The lowest BCUT2D eigenvalue weighted by Gasteiger charge is -1.88. The van der Waals surface area contributed by atoms with Crippen molar-refractivity contribution < 1.29 is 0 Å². The lowest BCUT2D eigenvalue weighted by molar-refractivity contribution is 0.765. The Morgan fingerprint density at radius 3 is 2.83 bits per heavy atom. The standard InChI is InChI=1S/C6H8/c1-6-4-2-3-5-6/h2,5-6H,4H2,1H3/t6-/m0/s1. The van der Waals surface area contributed by atoms with Gasteiger partial charge in [0.1, 0.15) is 0 Å². The molecule has 0 heterocycles. The number of rotatable bonds is 0. The SMILES string of the molecule is C[C@@H]1C=C=CC1. The Morgan fingerprint density at radius 1 is 1.83 bits per heavy atom. The predicted molar refractivity (Wildman–Crippen MR) is 26.4 cm³/mol. The van der Waals surface area contributed by atoms with Crippen molar-refractivity contribution in [2.75, 3.05) is 0 Å². The predicted octanol–water partition coefficient (Wildman–Crippen LogP) is 1.74. The monoisotopic (exact) mass is 80.1 g/mol. The van der Waals surface area contributed by atoms with Gasteiger partial charge in [-0.3, -0.25) is 0 Å². The van der Waals surface area contributed by atoms with Crippen molar-refractivity contribution in [1.82, 2.24) is 0 Å². The van der Waals surface area contributed by atoms with Crippen LogP contribution in [0.2, 0.25) is 0 Å². The maximum Gasteiger partial charge on any atom is -0.0145 e. The molecular formula is C6H8. The van der Waals surface area contributed by atoms with Crippen LogP contribution in [0.1, 0.15) is 13.3 Å². The quantitative estimate of drug-likeness (QED) is 0.389. The lowest BCUT2D eigenvalue weighted by Crippen LogP contribution is -1.77. The fraction of sp³-hybridized carbons (Fsp3) is 0.500. The van der Waals surface area contributed by atoms with E-state index >= 15 is 0 Å². The fourth-order valence-corrected chi connectivity index (χ4v) is 0.554. The molecule has 0 heteroatoms. The van der Waals surface area contributed by atoms with Crippen LogP contribution in [-0.4, -0.2) is 0 Å². The average Bonchev–Trinajstić information content (AvgIpc) is 1.86.